The van der Waals surface area contributed by atoms with Crippen molar-refractivity contribution in [3.63, 3.8) is 0 Å². The van der Waals surface area contributed by atoms with E-state index in [2.05, 4.69) is 26.2 Å². The molecular weight excluding hydrogens is 312 g/mol. The number of thiazole rings is 1. The van der Waals surface area contributed by atoms with E-state index < -0.39 is 0 Å². The van der Waals surface area contributed by atoms with Gasteiger partial charge in [-0.15, -0.1) is 11.3 Å². The molecule has 0 saturated heterocycles. The number of nitrogens with zero attached hydrogens (tertiary/aromatic N) is 1. The predicted molar refractivity (Wildman–Crippen MR) is 76.9 cm³/mol. The van der Waals surface area contributed by atoms with E-state index in [1.54, 1.807) is 16.8 Å². The van der Waals surface area contributed by atoms with Gasteiger partial charge < -0.3 is 5.32 Å². The van der Waals surface area contributed by atoms with Crippen LogP contribution in [0.4, 0.5) is 0 Å². The molecule has 0 radical (unpaired) electrons. The first-order valence-corrected chi connectivity index (χ1v) is 7.18. The highest BCUT2D eigenvalue weighted by Crippen LogP contribution is 2.17. The molecule has 1 aromatic carbocycles. The smallest absolute Gasteiger partial charge is 0.251 e. The molecule has 18 heavy (non-hydrogen) atoms. The molecule has 5 heteroatoms. The van der Waals surface area contributed by atoms with Crippen molar-refractivity contribution >= 4 is 33.2 Å². The van der Waals surface area contributed by atoms with E-state index in [0.717, 1.165) is 20.6 Å². The Kier molecular flexibility index (Phi) is 4.14. The summed E-state index contributed by atoms with van der Waals surface area (Å²) in [6, 6.07) is 5.70. The van der Waals surface area contributed by atoms with Gasteiger partial charge in [-0.05, 0) is 31.5 Å². The fourth-order valence-electron chi connectivity index (χ4n) is 1.59. The van der Waals surface area contributed by atoms with Gasteiger partial charge in [0.05, 0.1) is 17.7 Å². The van der Waals surface area contributed by atoms with Crippen molar-refractivity contribution < 1.29 is 4.79 Å². The Morgan fingerprint density at radius 2 is 2.22 bits per heavy atom. The molecule has 1 aromatic heterocycles. The quantitative estimate of drug-likeness (QED) is 0.939. The standard InChI is InChI=1S/C13H13BrN2OS/c1-8-3-4-10(14)5-11(8)13(17)15-6-12-9(2)16-7-18-12/h3-5,7H,6H2,1-2H3,(H,15,17). The number of hydrogen-bond donors (Lipinski definition) is 1. The monoisotopic (exact) mass is 324 g/mol. The Bertz CT molecular complexity index is 580. The van der Waals surface area contributed by atoms with E-state index in [4.69, 9.17) is 0 Å². The third-order valence-electron chi connectivity index (χ3n) is 2.70. The van der Waals surface area contributed by atoms with Gasteiger partial charge in [0.25, 0.3) is 5.91 Å². The number of aryl methyl sites for hydroxylation is 2. The average Bonchev–Trinajstić information content (AvgIpc) is 2.75. The van der Waals surface area contributed by atoms with Crippen LogP contribution in [0.1, 0.15) is 26.5 Å². The van der Waals surface area contributed by atoms with Crippen LogP contribution in [0.15, 0.2) is 28.2 Å². The summed E-state index contributed by atoms with van der Waals surface area (Å²) in [6.45, 7) is 4.41. The first-order chi connectivity index (χ1) is 8.58. The molecule has 0 aliphatic carbocycles. The van der Waals surface area contributed by atoms with Gasteiger partial charge in [0.15, 0.2) is 0 Å². The van der Waals surface area contributed by atoms with E-state index >= 15 is 0 Å². The number of benzene rings is 1. The van der Waals surface area contributed by atoms with Crippen molar-refractivity contribution in [3.8, 4) is 0 Å². The fraction of sp³-hybridized carbons (Fsp3) is 0.231. The van der Waals surface area contributed by atoms with Gasteiger partial charge >= 0.3 is 0 Å². The number of rotatable bonds is 3. The molecule has 2 aromatic rings. The maximum Gasteiger partial charge on any atom is 0.251 e. The molecule has 2 rings (SSSR count). The zero-order valence-electron chi connectivity index (χ0n) is 10.2. The van der Waals surface area contributed by atoms with Crippen LogP contribution in [0.2, 0.25) is 0 Å². The molecule has 0 saturated carbocycles. The minimum Gasteiger partial charge on any atom is -0.347 e. The lowest BCUT2D eigenvalue weighted by atomic mass is 10.1. The summed E-state index contributed by atoms with van der Waals surface area (Å²) in [5.41, 5.74) is 4.44. The lowest BCUT2D eigenvalue weighted by Gasteiger charge is -2.07. The number of halogens is 1. The number of nitrogens with one attached hydrogen (secondary N) is 1. The minimum absolute atomic E-state index is 0.0541. The summed E-state index contributed by atoms with van der Waals surface area (Å²) in [5, 5.41) is 2.92. The topological polar surface area (TPSA) is 42.0 Å². The van der Waals surface area contributed by atoms with Crippen LogP contribution < -0.4 is 5.32 Å². The van der Waals surface area contributed by atoms with E-state index in [-0.39, 0.29) is 5.91 Å². The van der Waals surface area contributed by atoms with Gasteiger partial charge in [-0.2, -0.15) is 0 Å². The molecule has 0 spiro atoms. The molecule has 0 unspecified atom stereocenters. The van der Waals surface area contributed by atoms with Gasteiger partial charge in [0.2, 0.25) is 0 Å². The SMILES string of the molecule is Cc1ccc(Br)cc1C(=O)NCc1scnc1C. The number of amides is 1. The Morgan fingerprint density at radius 1 is 1.44 bits per heavy atom. The molecule has 1 heterocycles. The van der Waals surface area contributed by atoms with Crippen molar-refractivity contribution in [2.75, 3.05) is 0 Å². The van der Waals surface area contributed by atoms with E-state index in [9.17, 15) is 4.79 Å². The zero-order chi connectivity index (χ0) is 13.1. The predicted octanol–water partition coefficient (Wildman–Crippen LogP) is 3.45. The second-order valence-electron chi connectivity index (χ2n) is 4.00. The second-order valence-corrected chi connectivity index (χ2v) is 5.86. The highest BCUT2D eigenvalue weighted by atomic mass is 79.9. The molecule has 1 amide bonds. The molecule has 1 N–H and O–H groups in total. The number of carbonyl (C=O) groups is 1. The van der Waals surface area contributed by atoms with Crippen LogP contribution in [-0.4, -0.2) is 10.9 Å². The van der Waals surface area contributed by atoms with Crippen LogP contribution in [0.25, 0.3) is 0 Å². The third kappa shape index (κ3) is 2.97. The molecule has 0 aliphatic rings. The van der Waals surface area contributed by atoms with Crippen molar-refractivity contribution in [2.24, 2.45) is 0 Å². The second kappa shape index (κ2) is 5.63. The molecular formula is C13H13BrN2OS. The molecule has 94 valence electrons. The maximum atomic E-state index is 12.1. The summed E-state index contributed by atoms with van der Waals surface area (Å²) >= 11 is 4.94. The normalized spacial score (nSPS) is 10.4. The van der Waals surface area contributed by atoms with Crippen LogP contribution in [0.5, 0.6) is 0 Å². The third-order valence-corrected chi connectivity index (χ3v) is 4.13. The summed E-state index contributed by atoms with van der Waals surface area (Å²) in [7, 11) is 0. The number of carbonyl (C=O) groups excluding carboxylic acids is 1. The van der Waals surface area contributed by atoms with E-state index in [1.807, 2.05) is 32.0 Å². The minimum atomic E-state index is -0.0541. The van der Waals surface area contributed by atoms with Gasteiger partial charge in [0.1, 0.15) is 0 Å². The Morgan fingerprint density at radius 3 is 2.89 bits per heavy atom. The average molecular weight is 325 g/mol. The molecule has 0 aliphatic heterocycles. The number of hydrogen-bond acceptors (Lipinski definition) is 3. The van der Waals surface area contributed by atoms with Crippen LogP contribution in [0, 0.1) is 13.8 Å². The van der Waals surface area contributed by atoms with Gasteiger partial charge in [-0.25, -0.2) is 4.98 Å². The molecule has 0 bridgehead atoms. The van der Waals surface area contributed by atoms with Gasteiger partial charge in [0, 0.05) is 14.9 Å². The van der Waals surface area contributed by atoms with E-state index in [1.165, 1.54) is 0 Å². The van der Waals surface area contributed by atoms with Crippen LogP contribution in [0.3, 0.4) is 0 Å². The summed E-state index contributed by atoms with van der Waals surface area (Å²) < 4.78 is 0.909. The maximum absolute atomic E-state index is 12.1. The van der Waals surface area contributed by atoms with Crippen molar-refractivity contribution in [3.05, 3.63) is 49.9 Å². The first-order valence-electron chi connectivity index (χ1n) is 5.51. The Balaban J connectivity index is 2.08. The highest BCUT2D eigenvalue weighted by Gasteiger charge is 2.10. The van der Waals surface area contributed by atoms with Crippen molar-refractivity contribution in [2.45, 2.75) is 20.4 Å². The fourth-order valence-corrected chi connectivity index (χ4v) is 2.67. The zero-order valence-corrected chi connectivity index (χ0v) is 12.6. The highest BCUT2D eigenvalue weighted by molar-refractivity contribution is 9.10. The molecule has 0 atom stereocenters. The molecule has 0 fully saturated rings. The van der Waals surface area contributed by atoms with Crippen molar-refractivity contribution in [1.82, 2.24) is 10.3 Å². The lowest BCUT2D eigenvalue weighted by Crippen LogP contribution is -2.23. The first kappa shape index (κ1) is 13.2. The van der Waals surface area contributed by atoms with Crippen LogP contribution >= 0.6 is 27.3 Å². The summed E-state index contributed by atoms with van der Waals surface area (Å²) in [4.78, 5) is 17.3. The van der Waals surface area contributed by atoms with Gasteiger partial charge in [-0.3, -0.25) is 4.79 Å². The lowest BCUT2D eigenvalue weighted by molar-refractivity contribution is 0.0950. The summed E-state index contributed by atoms with van der Waals surface area (Å²) in [6.07, 6.45) is 0. The molecule has 3 nitrogen and oxygen atoms in total. The summed E-state index contributed by atoms with van der Waals surface area (Å²) in [5.74, 6) is -0.0541. The largest absolute Gasteiger partial charge is 0.347 e. The van der Waals surface area contributed by atoms with Crippen molar-refractivity contribution in [1.29, 1.82) is 0 Å². The van der Waals surface area contributed by atoms with Crippen LogP contribution in [-0.2, 0) is 6.54 Å². The Hall–Kier alpha value is -1.20. The van der Waals surface area contributed by atoms with E-state index in [0.29, 0.717) is 12.1 Å². The Labute approximate surface area is 118 Å². The number of aromatic nitrogens is 1. The van der Waals surface area contributed by atoms with Gasteiger partial charge in [-0.1, -0.05) is 22.0 Å².